The smallest absolute Gasteiger partial charge is 0.343 e. The molecular weight excluding hydrogens is 438 g/mol. The number of hydrogen-bond acceptors (Lipinski definition) is 7. The summed E-state index contributed by atoms with van der Waals surface area (Å²) in [6.07, 6.45) is 1.43. The van der Waals surface area contributed by atoms with E-state index in [9.17, 15) is 14.4 Å². The topological polar surface area (TPSA) is 115 Å². The van der Waals surface area contributed by atoms with Gasteiger partial charge in [0.2, 0.25) is 0 Å². The highest BCUT2D eigenvalue weighted by Crippen LogP contribution is 2.28. The van der Waals surface area contributed by atoms with E-state index in [4.69, 9.17) is 14.2 Å². The van der Waals surface area contributed by atoms with Crippen LogP contribution in [0, 0.1) is 0 Å². The molecule has 0 aliphatic carbocycles. The molecule has 174 valence electrons. The van der Waals surface area contributed by atoms with Gasteiger partial charge >= 0.3 is 5.97 Å². The van der Waals surface area contributed by atoms with Crippen molar-refractivity contribution >= 4 is 24.0 Å². The second kappa shape index (κ2) is 11.8. The fourth-order valence-electron chi connectivity index (χ4n) is 2.82. The molecule has 0 aromatic heterocycles. The van der Waals surface area contributed by atoms with Gasteiger partial charge in [-0.3, -0.25) is 9.59 Å². The van der Waals surface area contributed by atoms with Crippen molar-refractivity contribution in [1.82, 2.24) is 10.7 Å². The van der Waals surface area contributed by atoms with Gasteiger partial charge in [-0.2, -0.15) is 5.10 Å². The lowest BCUT2D eigenvalue weighted by atomic mass is 10.2. The van der Waals surface area contributed by atoms with Crippen LogP contribution in [-0.4, -0.2) is 44.8 Å². The van der Waals surface area contributed by atoms with Crippen LogP contribution in [-0.2, 0) is 4.79 Å². The number of esters is 1. The predicted molar refractivity (Wildman–Crippen MR) is 125 cm³/mol. The van der Waals surface area contributed by atoms with Gasteiger partial charge in [0, 0.05) is 5.56 Å². The highest BCUT2D eigenvalue weighted by Gasteiger charge is 2.13. The number of carbonyl (C=O) groups excluding carboxylic acids is 3. The molecule has 0 spiro atoms. The van der Waals surface area contributed by atoms with E-state index in [-0.39, 0.29) is 12.5 Å². The molecule has 2 amide bonds. The van der Waals surface area contributed by atoms with Crippen LogP contribution in [0.5, 0.6) is 17.2 Å². The molecule has 0 saturated heterocycles. The lowest BCUT2D eigenvalue weighted by molar-refractivity contribution is -0.120. The van der Waals surface area contributed by atoms with Crippen LogP contribution in [0.1, 0.15) is 26.3 Å². The zero-order valence-electron chi connectivity index (χ0n) is 18.6. The summed E-state index contributed by atoms with van der Waals surface area (Å²) in [5.41, 5.74) is 3.78. The first-order valence-corrected chi connectivity index (χ1v) is 10.2. The van der Waals surface area contributed by atoms with E-state index < -0.39 is 11.9 Å². The minimum absolute atomic E-state index is 0.212. The SMILES string of the molecule is COc1ccc(C(=O)Oc2ccc(/C=N/NC(=O)CNC(=O)c3ccccc3)cc2)cc1OC. The largest absolute Gasteiger partial charge is 0.493 e. The third kappa shape index (κ3) is 6.67. The number of benzene rings is 3. The molecule has 9 nitrogen and oxygen atoms in total. The fourth-order valence-corrected chi connectivity index (χ4v) is 2.82. The summed E-state index contributed by atoms with van der Waals surface area (Å²) in [7, 11) is 2.99. The average Bonchev–Trinajstić information content (AvgIpc) is 2.88. The Labute approximate surface area is 196 Å². The van der Waals surface area contributed by atoms with Gasteiger partial charge in [0.1, 0.15) is 5.75 Å². The van der Waals surface area contributed by atoms with E-state index in [1.54, 1.807) is 66.7 Å². The number of rotatable bonds is 9. The quantitative estimate of drug-likeness (QED) is 0.219. The lowest BCUT2D eigenvalue weighted by Gasteiger charge is -2.09. The van der Waals surface area contributed by atoms with Gasteiger partial charge in [-0.05, 0) is 60.2 Å². The molecule has 3 rings (SSSR count). The molecule has 34 heavy (non-hydrogen) atoms. The van der Waals surface area contributed by atoms with Gasteiger partial charge in [0.05, 0.1) is 32.5 Å². The highest BCUT2D eigenvalue weighted by molar-refractivity contribution is 5.96. The van der Waals surface area contributed by atoms with Gasteiger partial charge in [-0.15, -0.1) is 0 Å². The monoisotopic (exact) mass is 461 g/mol. The third-order valence-electron chi connectivity index (χ3n) is 4.56. The third-order valence-corrected chi connectivity index (χ3v) is 4.56. The van der Waals surface area contributed by atoms with Crippen molar-refractivity contribution in [3.05, 3.63) is 89.5 Å². The summed E-state index contributed by atoms with van der Waals surface area (Å²) in [5, 5.41) is 6.37. The van der Waals surface area contributed by atoms with Crippen LogP contribution in [0.4, 0.5) is 0 Å². The van der Waals surface area contributed by atoms with Gasteiger partial charge in [0.25, 0.3) is 11.8 Å². The average molecular weight is 461 g/mol. The van der Waals surface area contributed by atoms with Crippen molar-refractivity contribution in [3.63, 3.8) is 0 Å². The first kappa shape index (κ1) is 24.0. The number of methoxy groups -OCH3 is 2. The van der Waals surface area contributed by atoms with Crippen molar-refractivity contribution in [2.24, 2.45) is 5.10 Å². The molecule has 0 atom stereocenters. The first-order valence-electron chi connectivity index (χ1n) is 10.2. The molecule has 9 heteroatoms. The molecule has 0 aliphatic heterocycles. The second-order valence-electron chi connectivity index (χ2n) is 6.87. The van der Waals surface area contributed by atoms with Crippen LogP contribution >= 0.6 is 0 Å². The molecule has 3 aromatic carbocycles. The maximum atomic E-state index is 12.4. The van der Waals surface area contributed by atoms with Crippen LogP contribution in [0.25, 0.3) is 0 Å². The van der Waals surface area contributed by atoms with Gasteiger partial charge in [-0.1, -0.05) is 18.2 Å². The number of nitrogens with one attached hydrogen (secondary N) is 2. The second-order valence-corrected chi connectivity index (χ2v) is 6.87. The van der Waals surface area contributed by atoms with Crippen LogP contribution in [0.15, 0.2) is 77.9 Å². The molecule has 0 heterocycles. The van der Waals surface area contributed by atoms with E-state index in [1.165, 1.54) is 26.5 Å². The Bertz CT molecular complexity index is 1180. The first-order chi connectivity index (χ1) is 16.5. The number of amides is 2. The molecule has 0 fully saturated rings. The highest BCUT2D eigenvalue weighted by atomic mass is 16.5. The van der Waals surface area contributed by atoms with E-state index in [0.717, 1.165) is 0 Å². The maximum Gasteiger partial charge on any atom is 0.343 e. The van der Waals surface area contributed by atoms with Crippen molar-refractivity contribution < 1.29 is 28.6 Å². The standard InChI is InChI=1S/C25H23N3O6/c1-32-21-13-10-19(14-22(21)33-2)25(31)34-20-11-8-17(9-12-20)15-27-28-23(29)16-26-24(30)18-6-4-3-5-7-18/h3-15H,16H2,1-2H3,(H,26,30)(H,28,29)/b27-15+. The molecule has 2 N–H and O–H groups in total. The lowest BCUT2D eigenvalue weighted by Crippen LogP contribution is -2.34. The van der Waals surface area contributed by atoms with Crippen LogP contribution in [0.3, 0.4) is 0 Å². The molecule has 3 aromatic rings. The summed E-state index contributed by atoms with van der Waals surface area (Å²) in [5.74, 6) is -0.103. The zero-order valence-corrected chi connectivity index (χ0v) is 18.6. The number of hydrogen-bond donors (Lipinski definition) is 2. The van der Waals surface area contributed by atoms with Crippen molar-refractivity contribution in [3.8, 4) is 17.2 Å². The van der Waals surface area contributed by atoms with Gasteiger partial charge in [-0.25, -0.2) is 10.2 Å². The van der Waals surface area contributed by atoms with Crippen LogP contribution < -0.4 is 25.0 Å². The molecule has 0 aliphatic rings. The summed E-state index contributed by atoms with van der Waals surface area (Å²) < 4.78 is 15.7. The Morgan fingerprint density at radius 3 is 2.24 bits per heavy atom. The van der Waals surface area contributed by atoms with Gasteiger partial charge < -0.3 is 19.5 Å². The number of hydrazone groups is 1. The molecule has 0 saturated carbocycles. The number of ether oxygens (including phenoxy) is 3. The van der Waals surface area contributed by atoms with E-state index >= 15 is 0 Å². The fraction of sp³-hybridized carbons (Fsp3) is 0.120. The molecule has 0 radical (unpaired) electrons. The number of nitrogens with zero attached hydrogens (tertiary/aromatic N) is 1. The predicted octanol–water partition coefficient (Wildman–Crippen LogP) is 2.80. The molecule has 0 bridgehead atoms. The Morgan fingerprint density at radius 1 is 0.853 bits per heavy atom. The Morgan fingerprint density at radius 2 is 1.56 bits per heavy atom. The van der Waals surface area contributed by atoms with Crippen LogP contribution in [0.2, 0.25) is 0 Å². The van der Waals surface area contributed by atoms with Crippen molar-refractivity contribution in [1.29, 1.82) is 0 Å². The summed E-state index contributed by atoms with van der Waals surface area (Å²) in [6.45, 7) is -0.212. The Balaban J connectivity index is 1.48. The Kier molecular flexibility index (Phi) is 8.34. The minimum Gasteiger partial charge on any atom is -0.493 e. The summed E-state index contributed by atoms with van der Waals surface area (Å²) in [6, 6.07) is 19.9. The van der Waals surface area contributed by atoms with E-state index in [2.05, 4.69) is 15.8 Å². The zero-order chi connectivity index (χ0) is 24.3. The van der Waals surface area contributed by atoms with E-state index in [1.807, 2.05) is 0 Å². The van der Waals surface area contributed by atoms with Crippen molar-refractivity contribution in [2.75, 3.05) is 20.8 Å². The van der Waals surface area contributed by atoms with Gasteiger partial charge in [0.15, 0.2) is 11.5 Å². The Hall–Kier alpha value is -4.66. The molecule has 0 unspecified atom stereocenters. The summed E-state index contributed by atoms with van der Waals surface area (Å²) >= 11 is 0. The normalized spacial score (nSPS) is 10.4. The van der Waals surface area contributed by atoms with E-state index in [0.29, 0.717) is 33.9 Å². The number of carbonyl (C=O) groups is 3. The maximum absolute atomic E-state index is 12.4. The van der Waals surface area contributed by atoms with Crippen molar-refractivity contribution in [2.45, 2.75) is 0 Å². The summed E-state index contributed by atoms with van der Waals surface area (Å²) in [4.78, 5) is 36.2. The minimum atomic E-state index is -0.549. The molecular formula is C25H23N3O6.